The summed E-state index contributed by atoms with van der Waals surface area (Å²) < 4.78 is 5.02. The molecule has 11 aromatic rings. The third kappa shape index (κ3) is 4.90. The standard InChI is InChI=1S/C55H38N4/c1-55(2)43-27-15-12-24-40(43)48-49-41-25-13-16-28-46(41)59(52(49)53-50(51(48)55)42-26-14-17-29-47(42)58(53)38-22-10-5-11-23-38)39-32-30-36(31-33-39)45-34-44(35-18-6-3-7-19-35)56-54(57-45)37-20-8-4-9-21-37/h3-34H,1-2H3. The monoisotopic (exact) mass is 754 g/mol. The SMILES string of the molecule is CC1(C)c2ccccc2-c2c1c1c3ccccc3n(-c3ccccc3)c1c1c2c2ccccc2n1-c1ccc(-c2cc(-c3ccccc3)nc(-c3ccccc3)n2)cc1. The van der Waals surface area contributed by atoms with Crippen LogP contribution in [-0.2, 0) is 5.41 Å². The minimum atomic E-state index is -0.219. The minimum absolute atomic E-state index is 0.219. The smallest absolute Gasteiger partial charge is 0.160 e. The van der Waals surface area contributed by atoms with Crippen molar-refractivity contribution in [3.05, 3.63) is 205 Å². The van der Waals surface area contributed by atoms with Crippen molar-refractivity contribution in [1.29, 1.82) is 0 Å². The summed E-state index contributed by atoms with van der Waals surface area (Å²) >= 11 is 0. The fourth-order valence-electron chi connectivity index (χ4n) is 9.92. The summed E-state index contributed by atoms with van der Waals surface area (Å²) in [5, 5.41) is 5.13. The normalized spacial score (nSPS) is 13.1. The Morgan fingerprint density at radius 3 is 1.54 bits per heavy atom. The number of benzene rings is 8. The highest BCUT2D eigenvalue weighted by molar-refractivity contribution is 6.31. The van der Waals surface area contributed by atoms with Crippen molar-refractivity contribution in [1.82, 2.24) is 19.1 Å². The van der Waals surface area contributed by atoms with Gasteiger partial charge in [-0.15, -0.1) is 0 Å². The second kappa shape index (κ2) is 12.7. The lowest BCUT2D eigenvalue weighted by Crippen LogP contribution is -2.15. The lowest BCUT2D eigenvalue weighted by Gasteiger charge is -2.23. The Bertz CT molecular complexity index is 3370. The van der Waals surface area contributed by atoms with Gasteiger partial charge in [-0.1, -0.05) is 166 Å². The molecule has 0 aliphatic heterocycles. The first-order valence-electron chi connectivity index (χ1n) is 20.3. The Morgan fingerprint density at radius 2 is 0.898 bits per heavy atom. The van der Waals surface area contributed by atoms with Gasteiger partial charge < -0.3 is 9.13 Å². The molecule has 0 spiro atoms. The van der Waals surface area contributed by atoms with E-state index in [1.807, 2.05) is 24.3 Å². The van der Waals surface area contributed by atoms with Crippen LogP contribution in [0.15, 0.2) is 194 Å². The summed E-state index contributed by atoms with van der Waals surface area (Å²) in [4.78, 5) is 10.2. The van der Waals surface area contributed by atoms with Crippen molar-refractivity contribution in [2.24, 2.45) is 0 Å². The molecule has 0 unspecified atom stereocenters. The molecular weight excluding hydrogens is 717 g/mol. The van der Waals surface area contributed by atoms with Crippen LogP contribution in [0.5, 0.6) is 0 Å². The van der Waals surface area contributed by atoms with Gasteiger partial charge in [0, 0.05) is 55.0 Å². The molecule has 278 valence electrons. The van der Waals surface area contributed by atoms with Crippen molar-refractivity contribution in [3.63, 3.8) is 0 Å². The number of fused-ring (bicyclic) bond motifs is 12. The summed E-state index contributed by atoms with van der Waals surface area (Å²) in [7, 11) is 0. The molecule has 0 amide bonds. The molecule has 0 radical (unpaired) electrons. The van der Waals surface area contributed by atoms with E-state index in [4.69, 9.17) is 9.97 Å². The highest BCUT2D eigenvalue weighted by atomic mass is 15.0. The summed E-state index contributed by atoms with van der Waals surface area (Å²) in [5.41, 5.74) is 17.1. The van der Waals surface area contributed by atoms with E-state index in [-0.39, 0.29) is 5.41 Å². The second-order valence-corrected chi connectivity index (χ2v) is 16.1. The molecule has 0 saturated carbocycles. The van der Waals surface area contributed by atoms with Gasteiger partial charge in [0.05, 0.1) is 33.5 Å². The summed E-state index contributed by atoms with van der Waals surface area (Å²) in [5.74, 6) is 0.710. The average Bonchev–Trinajstić information content (AvgIpc) is 3.90. The molecule has 0 fully saturated rings. The van der Waals surface area contributed by atoms with Gasteiger partial charge >= 0.3 is 0 Å². The molecule has 3 aromatic heterocycles. The maximum atomic E-state index is 5.16. The number of rotatable bonds is 5. The van der Waals surface area contributed by atoms with E-state index >= 15 is 0 Å². The molecule has 3 heterocycles. The molecule has 12 rings (SSSR count). The van der Waals surface area contributed by atoms with Crippen molar-refractivity contribution >= 4 is 43.6 Å². The zero-order chi connectivity index (χ0) is 39.2. The number of para-hydroxylation sites is 3. The highest BCUT2D eigenvalue weighted by Gasteiger charge is 2.41. The zero-order valence-electron chi connectivity index (χ0n) is 32.8. The Kier molecular flexibility index (Phi) is 7.24. The van der Waals surface area contributed by atoms with Crippen LogP contribution in [0.3, 0.4) is 0 Å². The summed E-state index contributed by atoms with van der Waals surface area (Å²) in [6.07, 6.45) is 0. The van der Waals surface area contributed by atoms with Crippen LogP contribution < -0.4 is 0 Å². The maximum absolute atomic E-state index is 5.16. The van der Waals surface area contributed by atoms with Crippen LogP contribution in [0.25, 0.3) is 100 Å². The average molecular weight is 755 g/mol. The lowest BCUT2D eigenvalue weighted by molar-refractivity contribution is 0.667. The Balaban J connectivity index is 1.18. The molecule has 1 aliphatic rings. The van der Waals surface area contributed by atoms with Crippen molar-refractivity contribution in [2.45, 2.75) is 19.3 Å². The lowest BCUT2D eigenvalue weighted by atomic mass is 9.80. The summed E-state index contributed by atoms with van der Waals surface area (Å²) in [6, 6.07) is 69.6. The maximum Gasteiger partial charge on any atom is 0.160 e. The van der Waals surface area contributed by atoms with E-state index < -0.39 is 0 Å². The summed E-state index contributed by atoms with van der Waals surface area (Å²) in [6.45, 7) is 4.82. The predicted octanol–water partition coefficient (Wildman–Crippen LogP) is 14.0. The Labute approximate surface area is 342 Å². The minimum Gasteiger partial charge on any atom is -0.307 e. The fourth-order valence-corrected chi connectivity index (χ4v) is 9.92. The quantitative estimate of drug-likeness (QED) is 0.175. The molecule has 0 saturated heterocycles. The van der Waals surface area contributed by atoms with Crippen LogP contribution in [-0.4, -0.2) is 19.1 Å². The van der Waals surface area contributed by atoms with E-state index in [9.17, 15) is 0 Å². The topological polar surface area (TPSA) is 35.6 Å². The van der Waals surface area contributed by atoms with E-state index in [0.717, 1.165) is 39.5 Å². The van der Waals surface area contributed by atoms with Gasteiger partial charge in [-0.3, -0.25) is 0 Å². The van der Waals surface area contributed by atoms with Crippen molar-refractivity contribution in [3.8, 4) is 56.4 Å². The largest absolute Gasteiger partial charge is 0.307 e. The van der Waals surface area contributed by atoms with Gasteiger partial charge in [-0.25, -0.2) is 9.97 Å². The first kappa shape index (κ1) is 33.6. The number of hydrogen-bond acceptors (Lipinski definition) is 2. The molecule has 4 heteroatoms. The van der Waals surface area contributed by atoms with E-state index in [1.165, 1.54) is 65.9 Å². The molecule has 1 aliphatic carbocycles. The van der Waals surface area contributed by atoms with Crippen LogP contribution in [0.2, 0.25) is 0 Å². The van der Waals surface area contributed by atoms with Crippen LogP contribution in [0.1, 0.15) is 25.0 Å². The zero-order valence-corrected chi connectivity index (χ0v) is 32.8. The number of aromatic nitrogens is 4. The third-order valence-corrected chi connectivity index (χ3v) is 12.5. The van der Waals surface area contributed by atoms with E-state index in [2.05, 4.69) is 193 Å². The van der Waals surface area contributed by atoms with Crippen molar-refractivity contribution in [2.75, 3.05) is 0 Å². The molecule has 59 heavy (non-hydrogen) atoms. The van der Waals surface area contributed by atoms with E-state index in [1.54, 1.807) is 0 Å². The number of hydrogen-bond donors (Lipinski definition) is 0. The first-order valence-corrected chi connectivity index (χ1v) is 20.3. The van der Waals surface area contributed by atoms with Gasteiger partial charge in [0.2, 0.25) is 0 Å². The second-order valence-electron chi connectivity index (χ2n) is 16.1. The molecule has 0 N–H and O–H groups in total. The fraction of sp³-hybridized carbons (Fsp3) is 0.0545. The van der Waals surface area contributed by atoms with Crippen molar-refractivity contribution < 1.29 is 0 Å². The number of nitrogens with zero attached hydrogens (tertiary/aromatic N) is 4. The van der Waals surface area contributed by atoms with Crippen LogP contribution in [0, 0.1) is 0 Å². The highest BCUT2D eigenvalue weighted by Crippen LogP contribution is 2.58. The molecule has 4 nitrogen and oxygen atoms in total. The van der Waals surface area contributed by atoms with Gasteiger partial charge in [0.1, 0.15) is 0 Å². The first-order chi connectivity index (χ1) is 29.1. The predicted molar refractivity (Wildman–Crippen MR) is 245 cm³/mol. The molecular formula is C55H38N4. The molecule has 8 aromatic carbocycles. The van der Waals surface area contributed by atoms with Gasteiger partial charge in [0.25, 0.3) is 0 Å². The van der Waals surface area contributed by atoms with Gasteiger partial charge in [0.15, 0.2) is 5.82 Å². The van der Waals surface area contributed by atoms with Crippen LogP contribution in [0.4, 0.5) is 0 Å². The Hall–Kier alpha value is -7.56. The van der Waals surface area contributed by atoms with Gasteiger partial charge in [-0.05, 0) is 64.7 Å². The Morgan fingerprint density at radius 1 is 0.424 bits per heavy atom. The molecule has 0 bridgehead atoms. The van der Waals surface area contributed by atoms with Gasteiger partial charge in [-0.2, -0.15) is 0 Å². The molecule has 0 atom stereocenters. The van der Waals surface area contributed by atoms with E-state index in [0.29, 0.717) is 5.82 Å². The third-order valence-electron chi connectivity index (χ3n) is 12.5. The van der Waals surface area contributed by atoms with Crippen LogP contribution >= 0.6 is 0 Å².